The molecule has 0 radical (unpaired) electrons. The average Bonchev–Trinajstić information content (AvgIpc) is 2.65. The number of hydrogen-bond acceptors (Lipinski definition) is 4. The van der Waals surface area contributed by atoms with Gasteiger partial charge < -0.3 is 0 Å². The number of hydrogen-bond donors (Lipinski definition) is 0. The molecule has 0 saturated carbocycles. The minimum Gasteiger partial charge on any atom is -0.0616 e. The molecular formula is C20H14S4. The van der Waals surface area contributed by atoms with E-state index in [4.69, 9.17) is 0 Å². The van der Waals surface area contributed by atoms with Gasteiger partial charge in [-0.2, -0.15) is 0 Å². The van der Waals surface area contributed by atoms with Gasteiger partial charge in [0.25, 0.3) is 0 Å². The maximum absolute atomic E-state index is 2.26. The predicted octanol–water partition coefficient (Wildman–Crippen LogP) is 8.09. The normalized spacial score (nSPS) is 11.2. The van der Waals surface area contributed by atoms with Crippen LogP contribution in [0, 0.1) is 0 Å². The van der Waals surface area contributed by atoms with E-state index in [0.717, 1.165) is 0 Å². The quantitative estimate of drug-likeness (QED) is 0.252. The number of rotatable bonds is 5. The van der Waals surface area contributed by atoms with Gasteiger partial charge in [0.15, 0.2) is 0 Å². The van der Waals surface area contributed by atoms with Crippen LogP contribution >= 0.6 is 41.2 Å². The highest BCUT2D eigenvalue weighted by Gasteiger charge is 2.01. The summed E-state index contributed by atoms with van der Waals surface area (Å²) < 4.78 is 0. The van der Waals surface area contributed by atoms with Crippen molar-refractivity contribution in [1.82, 2.24) is 0 Å². The standard InChI is InChI=1S/C20H14S4/c1-3-7-17-13-19(11-9-15(17)5-1)21-23-24-22-20-12-10-16-6-2-4-8-18(16)14-20/h1-14H. The molecule has 4 rings (SSSR count). The van der Waals surface area contributed by atoms with Crippen LogP contribution in [0.2, 0.25) is 0 Å². The molecule has 0 spiro atoms. The van der Waals surface area contributed by atoms with Crippen LogP contribution in [0.4, 0.5) is 0 Å². The lowest BCUT2D eigenvalue weighted by Gasteiger charge is -2.04. The summed E-state index contributed by atoms with van der Waals surface area (Å²) >= 11 is 0. The van der Waals surface area contributed by atoms with Gasteiger partial charge in [0, 0.05) is 9.79 Å². The molecule has 0 atom stereocenters. The first-order valence-electron chi connectivity index (χ1n) is 7.54. The molecule has 0 aromatic heterocycles. The van der Waals surface area contributed by atoms with Crippen LogP contribution < -0.4 is 0 Å². The van der Waals surface area contributed by atoms with Crippen molar-refractivity contribution in [2.75, 3.05) is 0 Å². The van der Waals surface area contributed by atoms with E-state index in [0.29, 0.717) is 0 Å². The first-order chi connectivity index (χ1) is 11.9. The summed E-state index contributed by atoms with van der Waals surface area (Å²) in [6.07, 6.45) is 0. The van der Waals surface area contributed by atoms with E-state index in [1.807, 2.05) is 41.2 Å². The minimum absolute atomic E-state index is 1.30. The third kappa shape index (κ3) is 3.89. The molecule has 0 fully saturated rings. The SMILES string of the molecule is c1ccc2cc(SSSSc3ccc4ccccc4c3)ccc2c1. The summed E-state index contributed by atoms with van der Waals surface area (Å²) in [6.45, 7) is 0. The van der Waals surface area contributed by atoms with Crippen LogP contribution in [0.15, 0.2) is 94.7 Å². The fraction of sp³-hybridized carbons (Fsp3) is 0. The van der Waals surface area contributed by atoms with E-state index in [1.54, 1.807) is 0 Å². The number of benzene rings is 4. The van der Waals surface area contributed by atoms with E-state index in [2.05, 4.69) is 84.9 Å². The summed E-state index contributed by atoms with van der Waals surface area (Å²) in [5.74, 6) is 0. The first kappa shape index (κ1) is 16.3. The predicted molar refractivity (Wildman–Crippen MR) is 115 cm³/mol. The smallest absolute Gasteiger partial charge is 0.0197 e. The molecule has 0 aliphatic rings. The molecule has 0 heterocycles. The highest BCUT2D eigenvalue weighted by Crippen LogP contribution is 2.49. The Morgan fingerprint density at radius 1 is 0.417 bits per heavy atom. The van der Waals surface area contributed by atoms with Crippen molar-refractivity contribution in [2.24, 2.45) is 0 Å². The van der Waals surface area contributed by atoms with Gasteiger partial charge in [-0.15, -0.1) is 0 Å². The van der Waals surface area contributed by atoms with Crippen molar-refractivity contribution in [2.45, 2.75) is 9.79 Å². The molecule has 4 aromatic rings. The Hall–Kier alpha value is -1.20. The van der Waals surface area contributed by atoms with Gasteiger partial charge in [-0.25, -0.2) is 0 Å². The Labute approximate surface area is 157 Å². The van der Waals surface area contributed by atoms with Crippen LogP contribution in [-0.4, -0.2) is 0 Å². The fourth-order valence-electron chi connectivity index (χ4n) is 2.54. The zero-order valence-corrected chi connectivity index (χ0v) is 16.0. The molecule has 4 heteroatoms. The zero-order valence-electron chi connectivity index (χ0n) is 12.7. The van der Waals surface area contributed by atoms with Crippen LogP contribution in [0.5, 0.6) is 0 Å². The van der Waals surface area contributed by atoms with Crippen molar-refractivity contribution >= 4 is 62.8 Å². The second-order valence-electron chi connectivity index (χ2n) is 5.32. The van der Waals surface area contributed by atoms with Gasteiger partial charge in [-0.05, 0) is 87.0 Å². The summed E-state index contributed by atoms with van der Waals surface area (Å²) in [5, 5.41) is 5.20. The van der Waals surface area contributed by atoms with Gasteiger partial charge >= 0.3 is 0 Å². The first-order valence-corrected chi connectivity index (χ1v) is 12.4. The fourth-order valence-corrected chi connectivity index (χ4v) is 8.03. The molecular weight excluding hydrogens is 368 g/mol. The molecule has 0 amide bonds. The molecule has 0 bridgehead atoms. The average molecular weight is 383 g/mol. The maximum atomic E-state index is 2.26. The van der Waals surface area contributed by atoms with Crippen LogP contribution in [-0.2, 0) is 0 Å². The highest BCUT2D eigenvalue weighted by atomic mass is 33.7. The minimum atomic E-state index is 1.30. The lowest BCUT2D eigenvalue weighted by molar-refractivity contribution is 1.52. The van der Waals surface area contributed by atoms with Crippen molar-refractivity contribution in [1.29, 1.82) is 0 Å². The Morgan fingerprint density at radius 2 is 0.833 bits per heavy atom. The lowest BCUT2D eigenvalue weighted by Crippen LogP contribution is -1.73. The molecule has 0 aliphatic heterocycles. The second kappa shape index (κ2) is 7.79. The molecule has 0 nitrogen and oxygen atoms in total. The van der Waals surface area contributed by atoms with Gasteiger partial charge in [0.2, 0.25) is 0 Å². The van der Waals surface area contributed by atoms with Gasteiger partial charge in [-0.1, -0.05) is 60.7 Å². The monoisotopic (exact) mass is 382 g/mol. The van der Waals surface area contributed by atoms with E-state index in [-0.39, 0.29) is 0 Å². The molecule has 0 aliphatic carbocycles. The Balaban J connectivity index is 1.36. The molecule has 4 aromatic carbocycles. The Morgan fingerprint density at radius 3 is 1.29 bits per heavy atom. The summed E-state index contributed by atoms with van der Waals surface area (Å²) in [5.41, 5.74) is 0. The molecule has 0 N–H and O–H groups in total. The summed E-state index contributed by atoms with van der Waals surface area (Å²) in [4.78, 5) is 2.59. The van der Waals surface area contributed by atoms with Crippen LogP contribution in [0.3, 0.4) is 0 Å². The number of fused-ring (bicyclic) bond motifs is 2. The third-order valence-electron chi connectivity index (χ3n) is 3.73. The van der Waals surface area contributed by atoms with Crippen LogP contribution in [0.1, 0.15) is 0 Å². The third-order valence-corrected chi connectivity index (χ3v) is 9.77. The van der Waals surface area contributed by atoms with Gasteiger partial charge in [0.1, 0.15) is 0 Å². The van der Waals surface area contributed by atoms with Crippen molar-refractivity contribution in [3.8, 4) is 0 Å². The van der Waals surface area contributed by atoms with E-state index >= 15 is 0 Å². The molecule has 0 saturated heterocycles. The molecule has 0 unspecified atom stereocenters. The van der Waals surface area contributed by atoms with Crippen LogP contribution in [0.25, 0.3) is 21.5 Å². The summed E-state index contributed by atoms with van der Waals surface area (Å²) in [7, 11) is 7.26. The van der Waals surface area contributed by atoms with E-state index < -0.39 is 0 Å². The largest absolute Gasteiger partial charge is 0.0616 e. The maximum Gasteiger partial charge on any atom is 0.0197 e. The van der Waals surface area contributed by atoms with Gasteiger partial charge in [0.05, 0.1) is 0 Å². The topological polar surface area (TPSA) is 0 Å². The van der Waals surface area contributed by atoms with Crippen molar-refractivity contribution < 1.29 is 0 Å². The second-order valence-corrected chi connectivity index (χ2v) is 11.1. The highest BCUT2D eigenvalue weighted by molar-refractivity contribution is 9.26. The van der Waals surface area contributed by atoms with E-state index in [1.165, 1.54) is 31.3 Å². The Kier molecular flexibility index (Phi) is 5.28. The van der Waals surface area contributed by atoms with Crippen molar-refractivity contribution in [3.63, 3.8) is 0 Å². The lowest BCUT2D eigenvalue weighted by atomic mass is 10.1. The molecule has 24 heavy (non-hydrogen) atoms. The van der Waals surface area contributed by atoms with Gasteiger partial charge in [-0.3, -0.25) is 0 Å². The molecule has 118 valence electrons. The zero-order chi connectivity index (χ0) is 16.2. The van der Waals surface area contributed by atoms with Crippen molar-refractivity contribution in [3.05, 3.63) is 84.9 Å². The Bertz CT molecular complexity index is 900. The van der Waals surface area contributed by atoms with E-state index in [9.17, 15) is 0 Å². The summed E-state index contributed by atoms with van der Waals surface area (Å²) in [6, 6.07) is 30.3.